The number of hydrogen-bond acceptors (Lipinski definition) is 4. The molecule has 0 aromatic heterocycles. The van der Waals surface area contributed by atoms with Crippen molar-refractivity contribution in [3.8, 4) is 0 Å². The van der Waals surface area contributed by atoms with E-state index in [4.69, 9.17) is 22.7 Å². The second kappa shape index (κ2) is 7.03. The topological polar surface area (TPSA) is 75.8 Å². The van der Waals surface area contributed by atoms with Crippen molar-refractivity contribution in [3.63, 3.8) is 0 Å². The van der Waals surface area contributed by atoms with Gasteiger partial charge in [0, 0.05) is 6.54 Å². The lowest BCUT2D eigenvalue weighted by atomic mass is 9.78. The van der Waals surface area contributed by atoms with Crippen LogP contribution in [0, 0.1) is 5.41 Å². The van der Waals surface area contributed by atoms with Gasteiger partial charge < -0.3 is 20.5 Å². The molecule has 2 unspecified atom stereocenters. The zero-order valence-electron chi connectivity index (χ0n) is 12.7. The van der Waals surface area contributed by atoms with Crippen molar-refractivity contribution in [2.75, 3.05) is 19.8 Å². The summed E-state index contributed by atoms with van der Waals surface area (Å²) in [6.07, 6.45) is 5.44. The van der Waals surface area contributed by atoms with Gasteiger partial charge in [-0.3, -0.25) is 4.79 Å². The molecule has 2 atom stereocenters. The van der Waals surface area contributed by atoms with Crippen LogP contribution in [0.1, 0.15) is 45.4 Å². The summed E-state index contributed by atoms with van der Waals surface area (Å²) in [6.45, 7) is 2.76. The fraction of sp³-hybridized carbons (Fsp3) is 0.867. The molecule has 120 valence electrons. The van der Waals surface area contributed by atoms with Crippen molar-refractivity contribution < 1.29 is 14.6 Å². The van der Waals surface area contributed by atoms with E-state index in [1.165, 1.54) is 0 Å². The molecule has 1 aliphatic carbocycles. The fourth-order valence-corrected chi connectivity index (χ4v) is 3.67. The highest BCUT2D eigenvalue weighted by molar-refractivity contribution is 7.80. The van der Waals surface area contributed by atoms with Gasteiger partial charge in [-0.2, -0.15) is 0 Å². The van der Waals surface area contributed by atoms with Gasteiger partial charge in [0.1, 0.15) is 0 Å². The summed E-state index contributed by atoms with van der Waals surface area (Å²) in [5.74, 6) is 0.0335. The molecule has 0 spiro atoms. The number of carbonyl (C=O) groups is 1. The first-order valence-electron chi connectivity index (χ1n) is 7.84. The molecule has 1 saturated heterocycles. The summed E-state index contributed by atoms with van der Waals surface area (Å²) in [4.78, 5) is 15.3. The molecule has 1 heterocycles. The quantitative estimate of drug-likeness (QED) is 0.605. The highest BCUT2D eigenvalue weighted by atomic mass is 32.1. The third kappa shape index (κ3) is 3.38. The Balaban J connectivity index is 2.22. The normalized spacial score (nSPS) is 29.7. The Morgan fingerprint density at radius 2 is 2.00 bits per heavy atom. The molecule has 1 aliphatic heterocycles. The van der Waals surface area contributed by atoms with Crippen molar-refractivity contribution in [1.29, 1.82) is 0 Å². The molecular weight excluding hydrogens is 288 g/mol. The van der Waals surface area contributed by atoms with Gasteiger partial charge in [-0.1, -0.05) is 37.9 Å². The SMILES string of the molecule is CC1COC(CO)CN1C(=O)C1(C(N)=S)CCCCCC1. The molecule has 1 amide bonds. The van der Waals surface area contributed by atoms with Crippen LogP contribution in [-0.2, 0) is 9.53 Å². The van der Waals surface area contributed by atoms with Crippen molar-refractivity contribution in [2.45, 2.75) is 57.6 Å². The molecular formula is C15H26N2O3S. The van der Waals surface area contributed by atoms with Crippen LogP contribution >= 0.6 is 12.2 Å². The number of rotatable bonds is 3. The standard InChI is InChI=1S/C15H26N2O3S/c1-11-10-20-12(9-18)8-17(11)14(19)15(13(16)21)6-4-2-3-5-7-15/h11-12,18H,2-10H2,1H3,(H2,16,21). The Bertz CT molecular complexity index is 394. The molecule has 0 bridgehead atoms. The van der Waals surface area contributed by atoms with Crippen molar-refractivity contribution in [2.24, 2.45) is 11.1 Å². The number of carbonyl (C=O) groups excluding carboxylic acids is 1. The van der Waals surface area contributed by atoms with E-state index in [0.717, 1.165) is 38.5 Å². The molecule has 2 aliphatic rings. The lowest BCUT2D eigenvalue weighted by Gasteiger charge is -2.43. The van der Waals surface area contributed by atoms with E-state index in [-0.39, 0.29) is 24.7 Å². The average Bonchev–Trinajstić information content (AvgIpc) is 2.74. The van der Waals surface area contributed by atoms with Gasteiger partial charge in [0.15, 0.2) is 0 Å². The lowest BCUT2D eigenvalue weighted by molar-refractivity contribution is -0.153. The number of morpholine rings is 1. The van der Waals surface area contributed by atoms with Gasteiger partial charge in [-0.25, -0.2) is 0 Å². The van der Waals surface area contributed by atoms with Gasteiger partial charge in [-0.05, 0) is 19.8 Å². The maximum absolute atomic E-state index is 13.2. The first-order valence-corrected chi connectivity index (χ1v) is 8.25. The molecule has 21 heavy (non-hydrogen) atoms. The monoisotopic (exact) mass is 314 g/mol. The first-order chi connectivity index (χ1) is 10.0. The number of thiocarbonyl (C=S) groups is 1. The first kappa shape index (κ1) is 16.6. The van der Waals surface area contributed by atoms with Crippen LogP contribution in [0.2, 0.25) is 0 Å². The van der Waals surface area contributed by atoms with E-state index < -0.39 is 5.41 Å². The minimum Gasteiger partial charge on any atom is -0.394 e. The molecule has 2 rings (SSSR count). The van der Waals surface area contributed by atoms with E-state index in [2.05, 4.69) is 0 Å². The smallest absolute Gasteiger partial charge is 0.236 e. The van der Waals surface area contributed by atoms with E-state index in [1.54, 1.807) is 0 Å². The van der Waals surface area contributed by atoms with E-state index >= 15 is 0 Å². The van der Waals surface area contributed by atoms with Crippen LogP contribution in [0.4, 0.5) is 0 Å². The van der Waals surface area contributed by atoms with Crippen LogP contribution in [0.15, 0.2) is 0 Å². The summed E-state index contributed by atoms with van der Waals surface area (Å²) in [6, 6.07) is -0.00484. The number of aliphatic hydroxyl groups excluding tert-OH is 1. The molecule has 5 nitrogen and oxygen atoms in total. The van der Waals surface area contributed by atoms with Crippen LogP contribution in [-0.4, -0.2) is 52.8 Å². The molecule has 0 aromatic rings. The lowest BCUT2D eigenvalue weighted by Crippen LogP contribution is -2.58. The third-order valence-corrected chi connectivity index (χ3v) is 5.20. The predicted octanol–water partition coefficient (Wildman–Crippen LogP) is 1.22. The second-order valence-electron chi connectivity index (χ2n) is 6.31. The van der Waals surface area contributed by atoms with Crippen LogP contribution < -0.4 is 5.73 Å². The molecule has 0 radical (unpaired) electrons. The Hall–Kier alpha value is -0.720. The fourth-order valence-electron chi connectivity index (χ4n) is 3.38. The van der Waals surface area contributed by atoms with E-state index in [0.29, 0.717) is 18.1 Å². The largest absolute Gasteiger partial charge is 0.394 e. The number of amides is 1. The Morgan fingerprint density at radius 1 is 1.38 bits per heavy atom. The van der Waals surface area contributed by atoms with Gasteiger partial charge in [0.05, 0.1) is 35.8 Å². The van der Waals surface area contributed by atoms with Gasteiger partial charge in [0.2, 0.25) is 5.91 Å². The summed E-state index contributed by atoms with van der Waals surface area (Å²) in [5, 5.41) is 9.29. The second-order valence-corrected chi connectivity index (χ2v) is 6.74. The van der Waals surface area contributed by atoms with Crippen molar-refractivity contribution >= 4 is 23.1 Å². The Morgan fingerprint density at radius 3 is 2.52 bits per heavy atom. The van der Waals surface area contributed by atoms with Crippen LogP contribution in [0.3, 0.4) is 0 Å². The summed E-state index contributed by atoms with van der Waals surface area (Å²) < 4.78 is 5.52. The summed E-state index contributed by atoms with van der Waals surface area (Å²) >= 11 is 5.28. The van der Waals surface area contributed by atoms with Crippen LogP contribution in [0.5, 0.6) is 0 Å². The Kier molecular flexibility index (Phi) is 5.57. The zero-order chi connectivity index (χ0) is 15.5. The molecule has 3 N–H and O–H groups in total. The Labute approximate surface area is 131 Å². The van der Waals surface area contributed by atoms with Gasteiger partial charge in [0.25, 0.3) is 0 Å². The molecule has 2 fully saturated rings. The van der Waals surface area contributed by atoms with Gasteiger partial charge in [-0.15, -0.1) is 0 Å². The predicted molar refractivity (Wildman–Crippen MR) is 84.9 cm³/mol. The van der Waals surface area contributed by atoms with Crippen LogP contribution in [0.25, 0.3) is 0 Å². The maximum Gasteiger partial charge on any atom is 0.236 e. The zero-order valence-corrected chi connectivity index (χ0v) is 13.5. The minimum absolute atomic E-state index is 0.00484. The number of ether oxygens (including phenoxy) is 1. The average molecular weight is 314 g/mol. The summed E-state index contributed by atoms with van der Waals surface area (Å²) in [7, 11) is 0. The molecule has 6 heteroatoms. The van der Waals surface area contributed by atoms with E-state index in [9.17, 15) is 9.90 Å². The number of hydrogen-bond donors (Lipinski definition) is 2. The molecule has 0 aromatic carbocycles. The number of nitrogens with zero attached hydrogens (tertiary/aromatic N) is 1. The number of nitrogens with two attached hydrogens (primary N) is 1. The summed E-state index contributed by atoms with van der Waals surface area (Å²) in [5.41, 5.74) is 5.30. The van der Waals surface area contributed by atoms with E-state index in [1.807, 2.05) is 11.8 Å². The third-order valence-electron chi connectivity index (χ3n) is 4.81. The van der Waals surface area contributed by atoms with Gasteiger partial charge >= 0.3 is 0 Å². The highest BCUT2D eigenvalue weighted by Gasteiger charge is 2.46. The number of aliphatic hydroxyl groups is 1. The van der Waals surface area contributed by atoms with Crippen molar-refractivity contribution in [3.05, 3.63) is 0 Å². The van der Waals surface area contributed by atoms with Crippen molar-refractivity contribution in [1.82, 2.24) is 4.90 Å². The minimum atomic E-state index is -0.697. The molecule has 1 saturated carbocycles. The maximum atomic E-state index is 13.2. The highest BCUT2D eigenvalue weighted by Crippen LogP contribution is 2.38.